The van der Waals surface area contributed by atoms with E-state index < -0.39 is 0 Å². The second-order valence-corrected chi connectivity index (χ2v) is 5.94. The van der Waals surface area contributed by atoms with Gasteiger partial charge in [-0.15, -0.1) is 11.3 Å². The van der Waals surface area contributed by atoms with E-state index in [1.165, 1.54) is 11.8 Å². The normalized spacial score (nSPS) is 12.6. The number of hydrogen-bond donors (Lipinski definition) is 0. The van der Waals surface area contributed by atoms with Gasteiger partial charge in [-0.3, -0.25) is 4.79 Å². The van der Waals surface area contributed by atoms with Gasteiger partial charge in [0.2, 0.25) is 0 Å². The van der Waals surface area contributed by atoms with Crippen molar-refractivity contribution in [2.75, 3.05) is 6.61 Å². The lowest BCUT2D eigenvalue weighted by Crippen LogP contribution is -2.16. The first-order valence-electron chi connectivity index (χ1n) is 5.25. The second-order valence-electron chi connectivity index (χ2n) is 3.32. The number of ether oxygens (including phenoxy) is 1. The van der Waals surface area contributed by atoms with E-state index in [0.29, 0.717) is 6.61 Å². The summed E-state index contributed by atoms with van der Waals surface area (Å²) in [5, 5.41) is -0.240. The number of esters is 1. The smallest absolute Gasteiger partial charge is 0.319 e. The molecule has 0 aliphatic carbocycles. The first kappa shape index (κ1) is 12.3. The van der Waals surface area contributed by atoms with Gasteiger partial charge in [0.05, 0.1) is 11.3 Å². The van der Waals surface area contributed by atoms with Gasteiger partial charge in [0.1, 0.15) is 5.25 Å². The van der Waals surface area contributed by atoms with Gasteiger partial charge in [-0.2, -0.15) is 0 Å². The largest absolute Gasteiger partial charge is 0.465 e. The Kier molecular flexibility index (Phi) is 3.96. The molecule has 0 spiro atoms. The van der Waals surface area contributed by atoms with Gasteiger partial charge in [-0.1, -0.05) is 11.8 Å². The average molecular weight is 268 g/mol. The van der Waals surface area contributed by atoms with E-state index in [4.69, 9.17) is 4.74 Å². The van der Waals surface area contributed by atoms with Crippen LogP contribution >= 0.6 is 23.1 Å². The number of nitrogens with zero attached hydrogens (tertiary/aromatic N) is 2. The van der Waals surface area contributed by atoms with E-state index in [9.17, 15) is 4.79 Å². The van der Waals surface area contributed by atoms with Crippen molar-refractivity contribution in [2.24, 2.45) is 0 Å². The lowest BCUT2D eigenvalue weighted by molar-refractivity contribution is -0.142. The molecule has 1 atom stereocenters. The molecule has 0 saturated heterocycles. The summed E-state index contributed by atoms with van der Waals surface area (Å²) in [6.07, 6.45) is 1.71. The van der Waals surface area contributed by atoms with Crippen molar-refractivity contribution in [1.29, 1.82) is 0 Å². The fraction of sp³-hybridized carbons (Fsp3) is 0.364. The lowest BCUT2D eigenvalue weighted by Gasteiger charge is -2.07. The van der Waals surface area contributed by atoms with Crippen molar-refractivity contribution in [1.82, 2.24) is 9.97 Å². The predicted octanol–water partition coefficient (Wildman–Crippen LogP) is 2.74. The van der Waals surface area contributed by atoms with Gasteiger partial charge in [0.15, 0.2) is 9.99 Å². The van der Waals surface area contributed by atoms with Crippen LogP contribution in [0.25, 0.3) is 10.3 Å². The summed E-state index contributed by atoms with van der Waals surface area (Å²) < 4.78 is 6.83. The summed E-state index contributed by atoms with van der Waals surface area (Å²) in [4.78, 5) is 20.0. The topological polar surface area (TPSA) is 52.1 Å². The zero-order valence-corrected chi connectivity index (χ0v) is 11.2. The molecular weight excluding hydrogens is 256 g/mol. The van der Waals surface area contributed by atoms with Gasteiger partial charge < -0.3 is 4.74 Å². The summed E-state index contributed by atoms with van der Waals surface area (Å²) >= 11 is 2.95. The molecular formula is C11H12N2O2S2. The van der Waals surface area contributed by atoms with E-state index in [1.54, 1.807) is 24.5 Å². The van der Waals surface area contributed by atoms with E-state index in [-0.39, 0.29) is 11.2 Å². The van der Waals surface area contributed by atoms with Crippen molar-refractivity contribution in [2.45, 2.75) is 23.4 Å². The molecule has 0 aliphatic rings. The van der Waals surface area contributed by atoms with Crippen molar-refractivity contribution >= 4 is 39.4 Å². The number of carbonyl (C=O) groups is 1. The third kappa shape index (κ3) is 2.95. The fourth-order valence-corrected chi connectivity index (χ4v) is 3.42. The van der Waals surface area contributed by atoms with Gasteiger partial charge in [0.25, 0.3) is 0 Å². The van der Waals surface area contributed by atoms with Gasteiger partial charge in [-0.05, 0) is 26.0 Å². The molecule has 1 unspecified atom stereocenters. The highest BCUT2D eigenvalue weighted by Crippen LogP contribution is 2.31. The number of thiazole rings is 1. The highest BCUT2D eigenvalue weighted by Gasteiger charge is 2.17. The molecule has 4 nitrogen and oxygen atoms in total. The fourth-order valence-electron chi connectivity index (χ4n) is 1.26. The first-order valence-corrected chi connectivity index (χ1v) is 6.95. The van der Waals surface area contributed by atoms with Crippen LogP contribution in [0.2, 0.25) is 0 Å². The molecule has 2 aromatic heterocycles. The minimum Gasteiger partial charge on any atom is -0.465 e. The molecule has 2 heterocycles. The molecule has 6 heteroatoms. The SMILES string of the molecule is CCOC(=O)C(C)Sc1nc2ncccc2s1. The molecule has 0 aliphatic heterocycles. The zero-order valence-electron chi connectivity index (χ0n) is 9.54. The molecule has 0 N–H and O–H groups in total. The molecule has 90 valence electrons. The van der Waals surface area contributed by atoms with Crippen molar-refractivity contribution in [3.8, 4) is 0 Å². The van der Waals surface area contributed by atoms with Crippen LogP contribution in [0.15, 0.2) is 22.7 Å². The molecule has 2 rings (SSSR count). The van der Waals surface area contributed by atoms with Crippen molar-refractivity contribution in [3.05, 3.63) is 18.3 Å². The Balaban J connectivity index is 2.10. The Labute approximate surface area is 107 Å². The maximum atomic E-state index is 11.5. The summed E-state index contributed by atoms with van der Waals surface area (Å²) in [5.41, 5.74) is 0.732. The van der Waals surface area contributed by atoms with E-state index in [1.807, 2.05) is 19.1 Å². The highest BCUT2D eigenvalue weighted by atomic mass is 32.2. The number of thioether (sulfide) groups is 1. The quantitative estimate of drug-likeness (QED) is 0.630. The number of hydrogen-bond acceptors (Lipinski definition) is 6. The third-order valence-corrected chi connectivity index (χ3v) is 4.22. The Bertz CT molecular complexity index is 494. The van der Waals surface area contributed by atoms with E-state index in [0.717, 1.165) is 14.7 Å². The summed E-state index contributed by atoms with van der Waals surface area (Å²) in [6, 6.07) is 3.85. The minimum absolute atomic E-state index is 0.204. The Hall–Kier alpha value is -1.14. The van der Waals surface area contributed by atoms with Crippen LogP contribution in [0, 0.1) is 0 Å². The van der Waals surface area contributed by atoms with Crippen molar-refractivity contribution < 1.29 is 9.53 Å². The van der Waals surface area contributed by atoms with Gasteiger partial charge in [-0.25, -0.2) is 9.97 Å². The number of pyridine rings is 1. The zero-order chi connectivity index (χ0) is 12.3. The maximum Gasteiger partial charge on any atom is 0.319 e. The highest BCUT2D eigenvalue weighted by molar-refractivity contribution is 8.02. The van der Waals surface area contributed by atoms with Crippen molar-refractivity contribution in [3.63, 3.8) is 0 Å². The molecule has 0 amide bonds. The number of fused-ring (bicyclic) bond motifs is 1. The molecule has 2 aromatic rings. The molecule has 17 heavy (non-hydrogen) atoms. The maximum absolute atomic E-state index is 11.5. The lowest BCUT2D eigenvalue weighted by atomic mass is 10.5. The van der Waals surface area contributed by atoms with E-state index >= 15 is 0 Å². The Morgan fingerprint density at radius 1 is 1.65 bits per heavy atom. The summed E-state index contributed by atoms with van der Waals surface area (Å²) in [5.74, 6) is -0.204. The Morgan fingerprint density at radius 3 is 3.18 bits per heavy atom. The van der Waals surface area contributed by atoms with Gasteiger partial charge in [0, 0.05) is 6.20 Å². The number of carbonyl (C=O) groups excluding carboxylic acids is 1. The summed E-state index contributed by atoms with van der Waals surface area (Å²) in [7, 11) is 0. The van der Waals surface area contributed by atoms with Crippen LogP contribution in [0.4, 0.5) is 0 Å². The number of rotatable bonds is 4. The molecule has 0 radical (unpaired) electrons. The van der Waals surface area contributed by atoms with Crippen LogP contribution < -0.4 is 0 Å². The van der Waals surface area contributed by atoms with Crippen LogP contribution in [-0.4, -0.2) is 27.8 Å². The molecule has 0 bridgehead atoms. The van der Waals surface area contributed by atoms with E-state index in [2.05, 4.69) is 9.97 Å². The van der Waals surface area contributed by atoms with Gasteiger partial charge >= 0.3 is 5.97 Å². The second kappa shape index (κ2) is 5.46. The molecule has 0 aromatic carbocycles. The van der Waals surface area contributed by atoms with Crippen LogP contribution in [-0.2, 0) is 9.53 Å². The molecule has 0 fully saturated rings. The third-order valence-electron chi connectivity index (χ3n) is 2.04. The Morgan fingerprint density at radius 2 is 2.47 bits per heavy atom. The van der Waals surface area contributed by atoms with Crippen LogP contribution in [0.5, 0.6) is 0 Å². The number of aromatic nitrogens is 2. The van der Waals surface area contributed by atoms with Crippen LogP contribution in [0.1, 0.15) is 13.8 Å². The first-order chi connectivity index (χ1) is 8.20. The minimum atomic E-state index is -0.240. The average Bonchev–Trinajstić information content (AvgIpc) is 2.71. The van der Waals surface area contributed by atoms with Crippen LogP contribution in [0.3, 0.4) is 0 Å². The monoisotopic (exact) mass is 268 g/mol. The molecule has 0 saturated carbocycles. The summed E-state index contributed by atoms with van der Waals surface area (Å²) in [6.45, 7) is 4.03. The predicted molar refractivity (Wildman–Crippen MR) is 69.4 cm³/mol. The standard InChI is InChI=1S/C11H12N2O2S2/c1-3-15-10(14)7(2)16-11-13-9-8(17-11)5-4-6-12-9/h4-7H,3H2,1-2H3.